The summed E-state index contributed by atoms with van der Waals surface area (Å²) < 4.78 is 5.23. The normalized spacial score (nSPS) is 17.8. The van der Waals surface area contributed by atoms with Gasteiger partial charge in [-0.15, -0.1) is 0 Å². The van der Waals surface area contributed by atoms with Crippen molar-refractivity contribution in [2.75, 3.05) is 26.8 Å². The molecule has 2 amide bonds. The van der Waals surface area contributed by atoms with E-state index in [9.17, 15) is 9.59 Å². The summed E-state index contributed by atoms with van der Waals surface area (Å²) in [7, 11) is 1.55. The average Bonchev–Trinajstić information content (AvgIpc) is 2.38. The number of carbonyl (C=O) groups is 2. The predicted octanol–water partition coefficient (Wildman–Crippen LogP) is -0.678. The third kappa shape index (κ3) is 3.39. The van der Waals surface area contributed by atoms with Gasteiger partial charge >= 0.3 is 0 Å². The van der Waals surface area contributed by atoms with E-state index in [1.165, 1.54) is 0 Å². The van der Waals surface area contributed by atoms with Crippen LogP contribution in [0.2, 0.25) is 0 Å². The van der Waals surface area contributed by atoms with Crippen molar-refractivity contribution in [2.24, 2.45) is 11.1 Å². The number of carbonyl (C=O) groups excluding carboxylic acids is 2. The number of hydrogen-bond donors (Lipinski definition) is 3. The zero-order valence-electron chi connectivity index (χ0n) is 10.5. The standard InChI is InChI=1S/C11H19N3O3S/c1-13-8(15)2-5-14-10(16)11(9(12)18)3-6-17-7-4-11/h2-7H2,1H3,(H2,12,18)(H,13,15)(H,14,16). The van der Waals surface area contributed by atoms with Crippen LogP contribution in [0.3, 0.4) is 0 Å². The Balaban J connectivity index is 2.55. The van der Waals surface area contributed by atoms with E-state index in [0.29, 0.717) is 26.1 Å². The predicted molar refractivity (Wildman–Crippen MR) is 71.0 cm³/mol. The molecule has 1 heterocycles. The van der Waals surface area contributed by atoms with Crippen molar-refractivity contribution < 1.29 is 14.3 Å². The van der Waals surface area contributed by atoms with Gasteiger partial charge in [0.1, 0.15) is 5.41 Å². The lowest BCUT2D eigenvalue weighted by molar-refractivity contribution is -0.131. The van der Waals surface area contributed by atoms with E-state index in [1.807, 2.05) is 0 Å². The molecule has 7 heteroatoms. The van der Waals surface area contributed by atoms with Crippen LogP contribution < -0.4 is 16.4 Å². The van der Waals surface area contributed by atoms with E-state index >= 15 is 0 Å². The summed E-state index contributed by atoms with van der Waals surface area (Å²) in [4.78, 5) is 23.4. The van der Waals surface area contributed by atoms with Gasteiger partial charge in [0.25, 0.3) is 0 Å². The fourth-order valence-corrected chi connectivity index (χ4v) is 2.19. The molecule has 0 radical (unpaired) electrons. The molecule has 18 heavy (non-hydrogen) atoms. The lowest BCUT2D eigenvalue weighted by Gasteiger charge is -2.34. The van der Waals surface area contributed by atoms with Crippen LogP contribution in [0.1, 0.15) is 19.3 Å². The highest BCUT2D eigenvalue weighted by Crippen LogP contribution is 2.31. The van der Waals surface area contributed by atoms with Crippen LogP contribution in [0, 0.1) is 5.41 Å². The molecule has 0 spiro atoms. The molecule has 0 aromatic heterocycles. The number of thiocarbonyl (C=S) groups is 1. The van der Waals surface area contributed by atoms with Crippen LogP contribution in [-0.4, -0.2) is 43.6 Å². The minimum atomic E-state index is -0.823. The van der Waals surface area contributed by atoms with Crippen molar-refractivity contribution >= 4 is 29.0 Å². The Labute approximate surface area is 112 Å². The van der Waals surface area contributed by atoms with Crippen LogP contribution >= 0.6 is 12.2 Å². The zero-order chi connectivity index (χ0) is 13.6. The first-order valence-electron chi connectivity index (χ1n) is 5.89. The molecule has 1 rings (SSSR count). The third-order valence-corrected chi connectivity index (χ3v) is 3.56. The van der Waals surface area contributed by atoms with E-state index in [4.69, 9.17) is 22.7 Å². The first-order chi connectivity index (χ1) is 8.53. The van der Waals surface area contributed by atoms with Gasteiger partial charge in [-0.1, -0.05) is 12.2 Å². The van der Waals surface area contributed by atoms with Crippen molar-refractivity contribution in [1.82, 2.24) is 10.6 Å². The van der Waals surface area contributed by atoms with E-state index in [2.05, 4.69) is 10.6 Å². The first-order valence-corrected chi connectivity index (χ1v) is 6.30. The molecule has 1 saturated heterocycles. The van der Waals surface area contributed by atoms with Crippen LogP contribution in [0.4, 0.5) is 0 Å². The number of nitrogens with two attached hydrogens (primary N) is 1. The Morgan fingerprint density at radius 3 is 2.50 bits per heavy atom. The fourth-order valence-electron chi connectivity index (χ4n) is 1.89. The minimum absolute atomic E-state index is 0.119. The van der Waals surface area contributed by atoms with E-state index in [0.717, 1.165) is 0 Å². The molecule has 102 valence electrons. The maximum absolute atomic E-state index is 12.2. The summed E-state index contributed by atoms with van der Waals surface area (Å²) in [6, 6.07) is 0. The largest absolute Gasteiger partial charge is 0.392 e. The quantitative estimate of drug-likeness (QED) is 0.577. The molecule has 0 unspecified atom stereocenters. The molecule has 1 aliphatic heterocycles. The van der Waals surface area contributed by atoms with E-state index in [-0.39, 0.29) is 29.8 Å². The summed E-state index contributed by atoms with van der Waals surface area (Å²) in [5.41, 5.74) is 4.87. The molecule has 0 bridgehead atoms. The minimum Gasteiger partial charge on any atom is -0.392 e. The fraction of sp³-hybridized carbons (Fsp3) is 0.727. The Bertz CT molecular complexity index is 340. The van der Waals surface area contributed by atoms with Gasteiger partial charge in [-0.3, -0.25) is 9.59 Å². The molecular formula is C11H19N3O3S. The van der Waals surface area contributed by atoms with Crippen LogP contribution in [-0.2, 0) is 14.3 Å². The molecular weight excluding hydrogens is 254 g/mol. The second kappa shape index (κ2) is 6.65. The number of ether oxygens (including phenoxy) is 1. The summed E-state index contributed by atoms with van der Waals surface area (Å²) in [6.45, 7) is 1.23. The van der Waals surface area contributed by atoms with Crippen molar-refractivity contribution in [2.45, 2.75) is 19.3 Å². The van der Waals surface area contributed by atoms with Crippen LogP contribution in [0.15, 0.2) is 0 Å². The van der Waals surface area contributed by atoms with Gasteiger partial charge < -0.3 is 21.1 Å². The van der Waals surface area contributed by atoms with E-state index < -0.39 is 5.41 Å². The van der Waals surface area contributed by atoms with Gasteiger partial charge in [0.2, 0.25) is 11.8 Å². The van der Waals surface area contributed by atoms with Crippen molar-refractivity contribution in [3.05, 3.63) is 0 Å². The zero-order valence-corrected chi connectivity index (χ0v) is 11.3. The maximum atomic E-state index is 12.2. The topological polar surface area (TPSA) is 93.5 Å². The van der Waals surface area contributed by atoms with Gasteiger partial charge in [0.15, 0.2) is 0 Å². The van der Waals surface area contributed by atoms with Crippen molar-refractivity contribution in [1.29, 1.82) is 0 Å². The summed E-state index contributed by atoms with van der Waals surface area (Å²) in [5, 5.41) is 5.21. The Morgan fingerprint density at radius 2 is 2.00 bits per heavy atom. The Kier molecular flexibility index (Phi) is 5.49. The molecule has 1 fully saturated rings. The van der Waals surface area contributed by atoms with Crippen LogP contribution in [0.25, 0.3) is 0 Å². The second-order valence-corrected chi connectivity index (χ2v) is 4.68. The summed E-state index contributed by atoms with van der Waals surface area (Å²) >= 11 is 5.01. The molecule has 0 atom stereocenters. The summed E-state index contributed by atoms with van der Waals surface area (Å²) in [5.74, 6) is -0.325. The highest BCUT2D eigenvalue weighted by molar-refractivity contribution is 7.80. The van der Waals surface area contributed by atoms with Gasteiger partial charge in [-0.05, 0) is 12.8 Å². The number of amides is 2. The van der Waals surface area contributed by atoms with Gasteiger partial charge in [-0.2, -0.15) is 0 Å². The smallest absolute Gasteiger partial charge is 0.233 e. The Morgan fingerprint density at radius 1 is 1.39 bits per heavy atom. The number of rotatable bonds is 5. The number of hydrogen-bond acceptors (Lipinski definition) is 4. The summed E-state index contributed by atoms with van der Waals surface area (Å²) in [6.07, 6.45) is 1.23. The lowest BCUT2D eigenvalue weighted by atomic mass is 9.79. The van der Waals surface area contributed by atoms with Crippen molar-refractivity contribution in [3.63, 3.8) is 0 Å². The first kappa shape index (κ1) is 14.8. The van der Waals surface area contributed by atoms with Gasteiger partial charge in [0.05, 0.1) is 4.99 Å². The molecule has 0 aromatic carbocycles. The third-order valence-electron chi connectivity index (χ3n) is 3.17. The highest BCUT2D eigenvalue weighted by Gasteiger charge is 2.42. The molecule has 4 N–H and O–H groups in total. The molecule has 0 aromatic rings. The maximum Gasteiger partial charge on any atom is 0.233 e. The molecule has 0 aliphatic carbocycles. The average molecular weight is 273 g/mol. The van der Waals surface area contributed by atoms with Gasteiger partial charge in [0, 0.05) is 33.2 Å². The number of nitrogens with one attached hydrogen (secondary N) is 2. The monoisotopic (exact) mass is 273 g/mol. The van der Waals surface area contributed by atoms with Gasteiger partial charge in [-0.25, -0.2) is 0 Å². The molecule has 6 nitrogen and oxygen atoms in total. The highest BCUT2D eigenvalue weighted by atomic mass is 32.1. The van der Waals surface area contributed by atoms with Crippen LogP contribution in [0.5, 0.6) is 0 Å². The SMILES string of the molecule is CNC(=O)CCNC(=O)C1(C(N)=S)CCOCC1. The lowest BCUT2D eigenvalue weighted by Crippen LogP contribution is -2.52. The second-order valence-electron chi connectivity index (χ2n) is 4.24. The molecule has 0 saturated carbocycles. The Hall–Kier alpha value is -1.21. The van der Waals surface area contributed by atoms with Crippen molar-refractivity contribution in [3.8, 4) is 0 Å². The molecule has 1 aliphatic rings. The van der Waals surface area contributed by atoms with E-state index in [1.54, 1.807) is 7.05 Å².